The van der Waals surface area contributed by atoms with Crippen molar-refractivity contribution in [1.82, 2.24) is 15.5 Å². The van der Waals surface area contributed by atoms with Gasteiger partial charge in [-0.15, -0.1) is 0 Å². The quantitative estimate of drug-likeness (QED) is 0.294. The highest BCUT2D eigenvalue weighted by atomic mass is 16.7. The Morgan fingerprint density at radius 2 is 1.76 bits per heavy atom. The number of Topliss-reactive ketones (excluding diaryl/α,β-unsaturated/α-hetero) is 1. The lowest BCUT2D eigenvalue weighted by molar-refractivity contribution is -0.145. The van der Waals surface area contributed by atoms with E-state index in [0.29, 0.717) is 43.3 Å². The molecule has 5 aliphatic rings. The molecule has 0 radical (unpaired) electrons. The smallest absolute Gasteiger partial charge is 0.287 e. The molecule has 1 saturated carbocycles. The molecule has 4 heterocycles. The standard InChI is InChI=1S/C35H47N5O9/c1-34(2,3)30(38-28(41)14-21-9-11-46-12-10-21)33(45)40-18-35(16-24(39-49-35)22-7-8-26-27(15-22)48-19-47-26)17-25(40)32(44)37-23(29(42)31(36)43)13-20-5-4-6-20/h7-8,15,20-21,23,25,30H,4-6,9-14,16-19H2,1-3H3,(H2,36,43)(H,37,44)(H,38,41)/t23?,25-,30+,35+/m0/s1. The molecule has 4 aliphatic heterocycles. The van der Waals surface area contributed by atoms with Crippen LogP contribution in [0.15, 0.2) is 23.4 Å². The van der Waals surface area contributed by atoms with Crippen LogP contribution in [0.2, 0.25) is 0 Å². The molecule has 1 aromatic rings. The van der Waals surface area contributed by atoms with Gasteiger partial charge in [-0.05, 0) is 54.7 Å². The number of amides is 4. The average Bonchev–Trinajstić information content (AvgIpc) is 3.78. The number of rotatable bonds is 11. The molecule has 0 bridgehead atoms. The zero-order chi connectivity index (χ0) is 34.9. The summed E-state index contributed by atoms with van der Waals surface area (Å²) in [5.74, 6) is -1.71. The fourth-order valence-electron chi connectivity index (χ4n) is 7.34. The zero-order valence-electron chi connectivity index (χ0n) is 28.5. The minimum atomic E-state index is -1.12. The van der Waals surface area contributed by atoms with Gasteiger partial charge in [0.25, 0.3) is 5.91 Å². The third kappa shape index (κ3) is 7.68. The number of nitrogens with one attached hydrogen (secondary N) is 2. The normalized spacial score (nSPS) is 24.8. The zero-order valence-corrected chi connectivity index (χ0v) is 28.5. The summed E-state index contributed by atoms with van der Waals surface area (Å²) in [5.41, 5.74) is 4.99. The summed E-state index contributed by atoms with van der Waals surface area (Å²) in [5, 5.41) is 10.1. The number of fused-ring (bicyclic) bond motifs is 1. The first-order chi connectivity index (χ1) is 23.3. The van der Waals surface area contributed by atoms with Gasteiger partial charge in [-0.1, -0.05) is 45.2 Å². The van der Waals surface area contributed by atoms with Crippen molar-refractivity contribution >= 4 is 35.1 Å². The third-order valence-electron chi connectivity index (χ3n) is 10.4. The maximum atomic E-state index is 14.6. The number of nitrogens with zero attached hydrogens (tertiary/aromatic N) is 2. The Labute approximate surface area is 285 Å². The van der Waals surface area contributed by atoms with Crippen LogP contribution in [0.4, 0.5) is 0 Å². The summed E-state index contributed by atoms with van der Waals surface area (Å²) in [7, 11) is 0. The van der Waals surface area contributed by atoms with E-state index in [1.54, 1.807) is 6.07 Å². The van der Waals surface area contributed by atoms with Crippen molar-refractivity contribution in [2.24, 2.45) is 28.1 Å². The van der Waals surface area contributed by atoms with Crippen LogP contribution < -0.4 is 25.8 Å². The highest BCUT2D eigenvalue weighted by Gasteiger charge is 2.56. The number of carbonyl (C=O) groups excluding carboxylic acids is 5. The number of likely N-dealkylation sites (tertiary alicyclic amines) is 1. The number of ketones is 1. The Balaban J connectivity index is 1.24. The number of hydrogen-bond donors (Lipinski definition) is 3. The van der Waals surface area contributed by atoms with Crippen molar-refractivity contribution in [3.63, 3.8) is 0 Å². The van der Waals surface area contributed by atoms with E-state index >= 15 is 0 Å². The first-order valence-electron chi connectivity index (χ1n) is 17.3. The van der Waals surface area contributed by atoms with E-state index in [-0.39, 0.29) is 43.9 Å². The van der Waals surface area contributed by atoms with Gasteiger partial charge in [0.2, 0.25) is 30.3 Å². The summed E-state index contributed by atoms with van der Waals surface area (Å²) < 4.78 is 16.4. The van der Waals surface area contributed by atoms with Crippen LogP contribution in [0.5, 0.6) is 11.5 Å². The fourth-order valence-corrected chi connectivity index (χ4v) is 7.34. The molecular formula is C35H47N5O9. The molecule has 3 fully saturated rings. The molecule has 0 aromatic heterocycles. The number of hydrogen-bond acceptors (Lipinski definition) is 10. The Morgan fingerprint density at radius 1 is 1.02 bits per heavy atom. The molecule has 266 valence electrons. The van der Waals surface area contributed by atoms with Gasteiger partial charge in [0.1, 0.15) is 12.1 Å². The van der Waals surface area contributed by atoms with Gasteiger partial charge in [0, 0.05) is 38.0 Å². The van der Waals surface area contributed by atoms with E-state index in [4.69, 9.17) is 24.8 Å². The monoisotopic (exact) mass is 681 g/mol. The van der Waals surface area contributed by atoms with Gasteiger partial charge >= 0.3 is 0 Å². The van der Waals surface area contributed by atoms with Crippen LogP contribution in [-0.4, -0.2) is 90.3 Å². The van der Waals surface area contributed by atoms with Crippen molar-refractivity contribution in [3.8, 4) is 11.5 Å². The van der Waals surface area contributed by atoms with Crippen LogP contribution >= 0.6 is 0 Å². The lowest BCUT2D eigenvalue weighted by Crippen LogP contribution is -2.59. The van der Waals surface area contributed by atoms with Crippen molar-refractivity contribution in [3.05, 3.63) is 23.8 Å². The Morgan fingerprint density at radius 3 is 2.43 bits per heavy atom. The Hall–Kier alpha value is -4.20. The minimum Gasteiger partial charge on any atom is -0.454 e. The van der Waals surface area contributed by atoms with Crippen LogP contribution in [0, 0.1) is 17.3 Å². The van der Waals surface area contributed by atoms with E-state index in [1.165, 1.54) is 4.90 Å². The SMILES string of the molecule is CC(C)(C)[C@H](NC(=O)CC1CCOCC1)C(=O)N1C[C@@]2(CC(c3ccc4c(c3)OCO4)=NO2)C[C@H]1C(=O)NC(CC1CCC1)C(=O)C(N)=O. The lowest BCUT2D eigenvalue weighted by atomic mass is 9.80. The molecule has 2 saturated heterocycles. The number of primary amides is 1. The molecule has 6 rings (SSSR count). The second-order valence-electron chi connectivity index (χ2n) is 15.2. The Kier molecular flexibility index (Phi) is 9.88. The van der Waals surface area contributed by atoms with Gasteiger partial charge in [-0.25, -0.2) is 0 Å². The van der Waals surface area contributed by atoms with E-state index in [0.717, 1.165) is 37.7 Å². The topological polar surface area (TPSA) is 188 Å². The molecule has 14 nitrogen and oxygen atoms in total. The van der Waals surface area contributed by atoms with E-state index in [2.05, 4.69) is 15.8 Å². The van der Waals surface area contributed by atoms with E-state index in [9.17, 15) is 24.0 Å². The largest absolute Gasteiger partial charge is 0.454 e. The van der Waals surface area contributed by atoms with Crippen molar-refractivity contribution in [1.29, 1.82) is 0 Å². The number of carbonyl (C=O) groups is 5. The van der Waals surface area contributed by atoms with E-state index < -0.39 is 52.6 Å². The molecule has 14 heteroatoms. The second-order valence-corrected chi connectivity index (χ2v) is 15.2. The number of benzene rings is 1. The summed E-state index contributed by atoms with van der Waals surface area (Å²) in [6, 6.07) is 2.32. The van der Waals surface area contributed by atoms with Gasteiger partial charge in [0.15, 0.2) is 17.1 Å². The van der Waals surface area contributed by atoms with Crippen molar-refractivity contribution in [2.75, 3.05) is 26.6 Å². The molecule has 1 spiro atoms. The average molecular weight is 682 g/mol. The van der Waals surface area contributed by atoms with Crippen molar-refractivity contribution < 1.29 is 43.0 Å². The van der Waals surface area contributed by atoms with Gasteiger partial charge in [-0.2, -0.15) is 0 Å². The van der Waals surface area contributed by atoms with Crippen molar-refractivity contribution in [2.45, 2.75) is 102 Å². The minimum absolute atomic E-state index is 0.0148. The molecule has 4 atom stereocenters. The summed E-state index contributed by atoms with van der Waals surface area (Å²) in [4.78, 5) is 74.3. The van der Waals surface area contributed by atoms with E-state index in [1.807, 2.05) is 32.9 Å². The van der Waals surface area contributed by atoms with Crippen LogP contribution in [0.1, 0.15) is 84.1 Å². The molecule has 49 heavy (non-hydrogen) atoms. The molecule has 1 aromatic carbocycles. The fraction of sp³-hybridized carbons (Fsp3) is 0.657. The predicted octanol–water partition coefficient (Wildman–Crippen LogP) is 1.96. The number of ether oxygens (including phenoxy) is 3. The van der Waals surface area contributed by atoms with Gasteiger partial charge in [-0.3, -0.25) is 24.0 Å². The maximum absolute atomic E-state index is 14.6. The molecule has 4 amide bonds. The molecular weight excluding hydrogens is 634 g/mol. The Bertz CT molecular complexity index is 1510. The highest BCUT2D eigenvalue weighted by molar-refractivity contribution is 6.37. The first-order valence-corrected chi connectivity index (χ1v) is 17.3. The van der Waals surface area contributed by atoms with Crippen LogP contribution in [-0.2, 0) is 33.5 Å². The third-order valence-corrected chi connectivity index (χ3v) is 10.4. The summed E-state index contributed by atoms with van der Waals surface area (Å²) in [6.45, 7) is 6.92. The predicted molar refractivity (Wildman–Crippen MR) is 175 cm³/mol. The molecule has 1 aliphatic carbocycles. The number of oxime groups is 1. The molecule has 4 N–H and O–H groups in total. The van der Waals surface area contributed by atoms with Crippen LogP contribution in [0.25, 0.3) is 0 Å². The maximum Gasteiger partial charge on any atom is 0.287 e. The lowest BCUT2D eigenvalue weighted by Gasteiger charge is -2.36. The second kappa shape index (κ2) is 14.0. The first kappa shape index (κ1) is 34.7. The molecule has 1 unspecified atom stereocenters. The van der Waals surface area contributed by atoms with Gasteiger partial charge < -0.3 is 40.3 Å². The highest BCUT2D eigenvalue weighted by Crippen LogP contribution is 2.42. The van der Waals surface area contributed by atoms with Crippen LogP contribution in [0.3, 0.4) is 0 Å². The van der Waals surface area contributed by atoms with Gasteiger partial charge in [0.05, 0.1) is 18.3 Å². The summed E-state index contributed by atoms with van der Waals surface area (Å²) >= 11 is 0. The number of nitrogens with two attached hydrogens (primary N) is 1. The summed E-state index contributed by atoms with van der Waals surface area (Å²) in [6.07, 6.45) is 5.28.